The van der Waals surface area contributed by atoms with Crippen molar-refractivity contribution >= 4 is 17.7 Å². The zero-order chi connectivity index (χ0) is 17.1. The number of nitrogens with one attached hydrogen (secondary N) is 1. The molecule has 1 unspecified atom stereocenters. The molecule has 1 saturated heterocycles. The van der Waals surface area contributed by atoms with Crippen molar-refractivity contribution in [3.63, 3.8) is 0 Å². The highest BCUT2D eigenvalue weighted by Gasteiger charge is 2.30. The monoisotopic (exact) mass is 344 g/mol. The van der Waals surface area contributed by atoms with Crippen LogP contribution in [0, 0.1) is 13.8 Å². The fourth-order valence-electron chi connectivity index (χ4n) is 3.48. The van der Waals surface area contributed by atoms with Gasteiger partial charge in [-0.2, -0.15) is 0 Å². The molecule has 0 aliphatic carbocycles. The third-order valence-electron chi connectivity index (χ3n) is 4.73. The van der Waals surface area contributed by atoms with Gasteiger partial charge in [0.25, 0.3) is 0 Å². The number of likely N-dealkylation sites (tertiary alicyclic amines) is 1. The molecular weight excluding hydrogens is 320 g/mol. The summed E-state index contributed by atoms with van der Waals surface area (Å²) >= 11 is 1.55. The minimum atomic E-state index is 0.199. The Kier molecular flexibility index (Phi) is 5.23. The van der Waals surface area contributed by atoms with Crippen molar-refractivity contribution in [1.82, 2.24) is 19.9 Å². The van der Waals surface area contributed by atoms with Crippen LogP contribution in [0.3, 0.4) is 0 Å². The van der Waals surface area contributed by atoms with Gasteiger partial charge in [-0.15, -0.1) is 0 Å². The number of hydrogen-bond donors (Lipinski definition) is 1. The molecule has 0 saturated carbocycles. The van der Waals surface area contributed by atoms with E-state index in [4.69, 9.17) is 0 Å². The van der Waals surface area contributed by atoms with Crippen LogP contribution in [-0.2, 0) is 11.2 Å². The number of H-pyrrole nitrogens is 1. The summed E-state index contributed by atoms with van der Waals surface area (Å²) in [5.74, 6) is 0.222. The molecule has 1 atom stereocenters. The third-order valence-corrected chi connectivity index (χ3v) is 5.27. The van der Waals surface area contributed by atoms with Crippen LogP contribution in [0.4, 0.5) is 0 Å². The minimum absolute atomic E-state index is 0.199. The van der Waals surface area contributed by atoms with Crippen molar-refractivity contribution in [2.45, 2.75) is 50.7 Å². The van der Waals surface area contributed by atoms with Crippen molar-refractivity contribution in [2.75, 3.05) is 12.8 Å². The molecule has 2 aromatic rings. The van der Waals surface area contributed by atoms with Crippen molar-refractivity contribution in [3.05, 3.63) is 41.0 Å². The van der Waals surface area contributed by atoms with Gasteiger partial charge < -0.3 is 9.88 Å². The van der Waals surface area contributed by atoms with Crippen molar-refractivity contribution < 1.29 is 4.79 Å². The topological polar surface area (TPSA) is 61.9 Å². The molecule has 128 valence electrons. The molecule has 3 rings (SSSR count). The van der Waals surface area contributed by atoms with E-state index in [1.807, 2.05) is 37.3 Å². The first-order chi connectivity index (χ1) is 11.6. The van der Waals surface area contributed by atoms with Crippen LogP contribution in [0.2, 0.25) is 0 Å². The van der Waals surface area contributed by atoms with Crippen LogP contribution in [-0.4, -0.2) is 38.6 Å². The second-order valence-corrected chi connectivity index (χ2v) is 7.00. The number of aryl methyl sites for hydroxylation is 2. The van der Waals surface area contributed by atoms with Crippen LogP contribution < -0.4 is 0 Å². The van der Waals surface area contributed by atoms with Gasteiger partial charge in [-0.05, 0) is 57.1 Å². The lowest BCUT2D eigenvalue weighted by Gasteiger charge is -2.24. The molecule has 5 nitrogen and oxygen atoms in total. The van der Waals surface area contributed by atoms with Gasteiger partial charge in [0.15, 0.2) is 5.16 Å². The summed E-state index contributed by atoms with van der Waals surface area (Å²) in [7, 11) is 0. The number of carbonyl (C=O) groups is 1. The van der Waals surface area contributed by atoms with Gasteiger partial charge >= 0.3 is 0 Å². The smallest absolute Gasteiger partial charge is 0.223 e. The summed E-state index contributed by atoms with van der Waals surface area (Å²) in [4.78, 5) is 27.0. The Balaban J connectivity index is 1.67. The van der Waals surface area contributed by atoms with Crippen LogP contribution in [0.1, 0.15) is 47.9 Å². The molecule has 0 aromatic carbocycles. The number of hydrogen-bond acceptors (Lipinski definition) is 4. The lowest BCUT2D eigenvalue weighted by molar-refractivity contribution is -0.132. The maximum Gasteiger partial charge on any atom is 0.223 e. The summed E-state index contributed by atoms with van der Waals surface area (Å²) in [6, 6.07) is 4.26. The average molecular weight is 344 g/mol. The Morgan fingerprint density at radius 3 is 2.75 bits per heavy atom. The number of rotatable bonds is 5. The van der Waals surface area contributed by atoms with Gasteiger partial charge in [0, 0.05) is 36.2 Å². The van der Waals surface area contributed by atoms with Crippen molar-refractivity contribution in [2.24, 2.45) is 0 Å². The second-order valence-electron chi connectivity index (χ2n) is 6.23. The number of aromatic amines is 1. The number of aromatic nitrogens is 3. The first-order valence-corrected chi connectivity index (χ1v) is 9.63. The van der Waals surface area contributed by atoms with E-state index < -0.39 is 0 Å². The fourth-order valence-corrected chi connectivity index (χ4v) is 3.93. The summed E-state index contributed by atoms with van der Waals surface area (Å²) in [6.45, 7) is 4.86. The molecule has 0 radical (unpaired) electrons. The predicted octanol–water partition coefficient (Wildman–Crippen LogP) is 3.44. The fraction of sp³-hybridized carbons (Fsp3) is 0.500. The zero-order valence-electron chi connectivity index (χ0n) is 14.5. The van der Waals surface area contributed by atoms with Gasteiger partial charge in [-0.25, -0.2) is 9.97 Å². The molecule has 0 spiro atoms. The lowest BCUT2D eigenvalue weighted by Crippen LogP contribution is -2.31. The van der Waals surface area contributed by atoms with Crippen molar-refractivity contribution in [1.29, 1.82) is 0 Å². The first-order valence-electron chi connectivity index (χ1n) is 8.41. The third kappa shape index (κ3) is 3.48. The van der Waals surface area contributed by atoms with E-state index in [0.717, 1.165) is 47.2 Å². The molecule has 6 heteroatoms. The quantitative estimate of drug-likeness (QED) is 0.667. The SMILES string of the molecule is CSc1nc(C)c(CCC(=O)N2CCCC2c2ccc[nH]2)c(C)n1. The normalized spacial score (nSPS) is 17.5. The lowest BCUT2D eigenvalue weighted by atomic mass is 10.1. The second kappa shape index (κ2) is 7.38. The number of thioether (sulfide) groups is 1. The Hall–Kier alpha value is -1.82. The number of nitrogens with zero attached hydrogens (tertiary/aromatic N) is 3. The van der Waals surface area contributed by atoms with Gasteiger partial charge in [-0.1, -0.05) is 11.8 Å². The van der Waals surface area contributed by atoms with Gasteiger partial charge in [-0.3, -0.25) is 4.79 Å². The van der Waals surface area contributed by atoms with E-state index in [-0.39, 0.29) is 11.9 Å². The van der Waals surface area contributed by atoms with Gasteiger partial charge in [0.2, 0.25) is 5.91 Å². The molecule has 1 N–H and O–H groups in total. The molecule has 1 aliphatic rings. The largest absolute Gasteiger partial charge is 0.363 e. The van der Waals surface area contributed by atoms with E-state index in [1.165, 1.54) is 0 Å². The summed E-state index contributed by atoms with van der Waals surface area (Å²) in [5.41, 5.74) is 4.22. The van der Waals surface area contributed by atoms with E-state index in [9.17, 15) is 4.79 Å². The predicted molar refractivity (Wildman–Crippen MR) is 96.1 cm³/mol. The molecule has 0 bridgehead atoms. The van der Waals surface area contributed by atoms with Gasteiger partial charge in [0.05, 0.1) is 6.04 Å². The van der Waals surface area contributed by atoms with Crippen LogP contribution in [0.15, 0.2) is 23.5 Å². The average Bonchev–Trinajstić information content (AvgIpc) is 3.24. The highest BCUT2D eigenvalue weighted by Crippen LogP contribution is 2.31. The maximum atomic E-state index is 12.7. The van der Waals surface area contributed by atoms with Crippen LogP contribution >= 0.6 is 11.8 Å². The summed E-state index contributed by atoms with van der Waals surface area (Å²) in [5, 5.41) is 0.798. The van der Waals surface area contributed by atoms with E-state index >= 15 is 0 Å². The first kappa shape index (κ1) is 17.0. The van der Waals surface area contributed by atoms with E-state index in [0.29, 0.717) is 12.8 Å². The number of amides is 1. The van der Waals surface area contributed by atoms with Crippen LogP contribution in [0.5, 0.6) is 0 Å². The molecule has 1 fully saturated rings. The molecule has 2 aromatic heterocycles. The van der Waals surface area contributed by atoms with Gasteiger partial charge in [0.1, 0.15) is 0 Å². The highest BCUT2D eigenvalue weighted by atomic mass is 32.2. The Morgan fingerprint density at radius 1 is 1.38 bits per heavy atom. The van der Waals surface area contributed by atoms with Crippen LogP contribution in [0.25, 0.3) is 0 Å². The van der Waals surface area contributed by atoms with E-state index in [2.05, 4.69) is 21.0 Å². The molecule has 1 amide bonds. The van der Waals surface area contributed by atoms with Crippen molar-refractivity contribution in [3.8, 4) is 0 Å². The molecule has 24 heavy (non-hydrogen) atoms. The summed E-state index contributed by atoms with van der Waals surface area (Å²) in [6.07, 6.45) is 7.23. The Morgan fingerprint density at radius 2 is 2.12 bits per heavy atom. The molecule has 3 heterocycles. The Bertz CT molecular complexity index is 691. The number of carbonyl (C=O) groups excluding carboxylic acids is 1. The van der Waals surface area contributed by atoms with E-state index in [1.54, 1.807) is 11.8 Å². The highest BCUT2D eigenvalue weighted by molar-refractivity contribution is 7.98. The minimum Gasteiger partial charge on any atom is -0.363 e. The molecular formula is C18H24N4OS. The Labute approximate surface area is 147 Å². The zero-order valence-corrected chi connectivity index (χ0v) is 15.3. The summed E-state index contributed by atoms with van der Waals surface area (Å²) < 4.78 is 0. The molecule has 1 aliphatic heterocycles. The standard InChI is InChI=1S/C18H24N4OS/c1-12-14(13(2)21-18(20-12)24-3)8-9-17(23)22-11-5-7-16(22)15-6-4-10-19-15/h4,6,10,16,19H,5,7-9,11H2,1-3H3. The maximum absolute atomic E-state index is 12.7.